The van der Waals surface area contributed by atoms with E-state index >= 15 is 0 Å². The lowest BCUT2D eigenvalue weighted by atomic mass is 10.2. The fourth-order valence-electron chi connectivity index (χ4n) is 2.30. The van der Waals surface area contributed by atoms with Crippen LogP contribution in [-0.2, 0) is 7.05 Å². The molecule has 0 aliphatic carbocycles. The minimum atomic E-state index is -0.355. The molecule has 3 aromatic rings. The molecule has 2 N–H and O–H groups in total. The van der Waals surface area contributed by atoms with E-state index < -0.39 is 0 Å². The number of H-pyrrole nitrogens is 2. The van der Waals surface area contributed by atoms with Crippen molar-refractivity contribution < 1.29 is 0 Å². The maximum atomic E-state index is 12.5. The topological polar surface area (TPSA) is 101 Å². The Bertz CT molecular complexity index is 899. The second-order valence-corrected chi connectivity index (χ2v) is 5.05. The van der Waals surface area contributed by atoms with Crippen LogP contribution in [0.3, 0.4) is 0 Å². The molecule has 0 saturated heterocycles. The Balaban J connectivity index is 2.36. The van der Waals surface area contributed by atoms with E-state index in [1.165, 1.54) is 9.13 Å². The van der Waals surface area contributed by atoms with E-state index in [1.807, 2.05) is 13.8 Å². The third-order valence-corrected chi connectivity index (χ3v) is 3.73. The van der Waals surface area contributed by atoms with Crippen LogP contribution >= 0.6 is 0 Å². The Morgan fingerprint density at radius 3 is 2.76 bits per heavy atom. The van der Waals surface area contributed by atoms with Crippen molar-refractivity contribution in [2.75, 3.05) is 0 Å². The number of rotatable bonds is 3. The highest BCUT2D eigenvalue weighted by molar-refractivity contribution is 5.75. The fraction of sp³-hybridized carbons (Fsp3) is 0.385. The predicted molar refractivity (Wildman–Crippen MR) is 78.2 cm³/mol. The Hall–Kier alpha value is -2.64. The van der Waals surface area contributed by atoms with E-state index in [2.05, 4.69) is 20.2 Å². The molecule has 0 saturated carbocycles. The van der Waals surface area contributed by atoms with Crippen LogP contribution in [0.5, 0.6) is 0 Å². The lowest BCUT2D eigenvalue weighted by Crippen LogP contribution is -2.40. The van der Waals surface area contributed by atoms with Crippen LogP contribution in [0, 0.1) is 0 Å². The summed E-state index contributed by atoms with van der Waals surface area (Å²) in [6.07, 6.45) is 3.97. The molecule has 0 spiro atoms. The SMILES string of the molecule is CCC(C)n1c(=O)c2[nH]c(-c3cn[nH]c3)nc2n(C)c1=O. The van der Waals surface area contributed by atoms with Gasteiger partial charge < -0.3 is 4.98 Å². The molecule has 8 nitrogen and oxygen atoms in total. The molecule has 0 radical (unpaired) electrons. The molecule has 0 aliphatic heterocycles. The molecular weight excluding hydrogens is 272 g/mol. The normalized spacial score (nSPS) is 12.9. The first-order valence-electron chi connectivity index (χ1n) is 6.75. The number of hydrogen-bond acceptors (Lipinski definition) is 4. The van der Waals surface area contributed by atoms with Gasteiger partial charge in [0.1, 0.15) is 11.3 Å². The van der Waals surface area contributed by atoms with Crippen LogP contribution in [0.1, 0.15) is 26.3 Å². The molecule has 8 heteroatoms. The molecule has 110 valence electrons. The predicted octanol–water partition coefficient (Wildman–Crippen LogP) is 0.784. The molecule has 3 heterocycles. The minimum absolute atomic E-state index is 0.165. The van der Waals surface area contributed by atoms with Crippen molar-refractivity contribution in [3.05, 3.63) is 33.2 Å². The van der Waals surface area contributed by atoms with Gasteiger partial charge in [0.15, 0.2) is 5.65 Å². The van der Waals surface area contributed by atoms with Gasteiger partial charge in [0, 0.05) is 19.3 Å². The van der Waals surface area contributed by atoms with E-state index in [0.29, 0.717) is 23.4 Å². The highest BCUT2D eigenvalue weighted by Crippen LogP contribution is 2.16. The van der Waals surface area contributed by atoms with Gasteiger partial charge >= 0.3 is 5.69 Å². The Labute approximate surface area is 119 Å². The molecule has 21 heavy (non-hydrogen) atoms. The molecule has 3 aromatic heterocycles. The molecule has 0 aromatic carbocycles. The van der Waals surface area contributed by atoms with Crippen molar-refractivity contribution in [2.45, 2.75) is 26.3 Å². The number of hydrogen-bond donors (Lipinski definition) is 2. The average molecular weight is 288 g/mol. The Morgan fingerprint density at radius 2 is 2.14 bits per heavy atom. The third kappa shape index (κ3) is 1.91. The second kappa shape index (κ2) is 4.72. The van der Waals surface area contributed by atoms with Gasteiger partial charge in [0.05, 0.1) is 11.8 Å². The standard InChI is InChI=1S/C13H16N6O2/c1-4-7(2)19-12(20)9-11(18(3)13(19)21)17-10(16-9)8-5-14-15-6-8/h5-7H,4H2,1-3H3,(H,14,15)(H,16,17). The van der Waals surface area contributed by atoms with E-state index in [1.54, 1.807) is 19.4 Å². The summed E-state index contributed by atoms with van der Waals surface area (Å²) >= 11 is 0. The smallest absolute Gasteiger partial charge is 0.332 e. The summed E-state index contributed by atoms with van der Waals surface area (Å²) in [5.41, 5.74) is 0.708. The first kappa shape index (κ1) is 13.3. The molecule has 1 atom stereocenters. The minimum Gasteiger partial charge on any atom is -0.332 e. The molecule has 3 rings (SSSR count). The van der Waals surface area contributed by atoms with Crippen LogP contribution in [0.2, 0.25) is 0 Å². The number of aryl methyl sites for hydroxylation is 1. The van der Waals surface area contributed by atoms with Crippen LogP contribution in [0.4, 0.5) is 0 Å². The number of aromatic amines is 2. The molecule has 1 unspecified atom stereocenters. The summed E-state index contributed by atoms with van der Waals surface area (Å²) in [4.78, 5) is 32.2. The van der Waals surface area contributed by atoms with Crippen LogP contribution in [0.15, 0.2) is 22.0 Å². The summed E-state index contributed by atoms with van der Waals surface area (Å²) in [6, 6.07) is -0.165. The first-order valence-corrected chi connectivity index (χ1v) is 6.75. The number of imidazole rings is 1. The van der Waals surface area contributed by atoms with Gasteiger partial charge in [-0.15, -0.1) is 0 Å². The zero-order valence-corrected chi connectivity index (χ0v) is 12.0. The quantitative estimate of drug-likeness (QED) is 0.743. The summed E-state index contributed by atoms with van der Waals surface area (Å²) in [5, 5.41) is 6.54. The van der Waals surface area contributed by atoms with Crippen LogP contribution in [0.25, 0.3) is 22.6 Å². The molecule has 0 bridgehead atoms. The monoisotopic (exact) mass is 288 g/mol. The third-order valence-electron chi connectivity index (χ3n) is 3.73. The lowest BCUT2D eigenvalue weighted by molar-refractivity contribution is 0.480. The molecule has 0 aliphatic rings. The van der Waals surface area contributed by atoms with Gasteiger partial charge in [-0.25, -0.2) is 9.78 Å². The van der Waals surface area contributed by atoms with Crippen molar-refractivity contribution in [1.29, 1.82) is 0 Å². The zero-order valence-electron chi connectivity index (χ0n) is 12.0. The summed E-state index contributed by atoms with van der Waals surface area (Å²) in [7, 11) is 1.61. The largest absolute Gasteiger partial charge is 0.332 e. The highest BCUT2D eigenvalue weighted by atomic mass is 16.2. The average Bonchev–Trinajstić information content (AvgIpc) is 3.13. The van der Waals surface area contributed by atoms with Gasteiger partial charge in [-0.3, -0.25) is 19.0 Å². The van der Waals surface area contributed by atoms with E-state index in [4.69, 9.17) is 0 Å². The van der Waals surface area contributed by atoms with Crippen molar-refractivity contribution in [2.24, 2.45) is 7.05 Å². The maximum absolute atomic E-state index is 12.5. The van der Waals surface area contributed by atoms with E-state index in [0.717, 1.165) is 5.56 Å². The van der Waals surface area contributed by atoms with Gasteiger partial charge in [0.25, 0.3) is 5.56 Å². The van der Waals surface area contributed by atoms with Crippen molar-refractivity contribution in [3.63, 3.8) is 0 Å². The first-order chi connectivity index (χ1) is 10.0. The molecule has 0 fully saturated rings. The van der Waals surface area contributed by atoms with Gasteiger partial charge in [-0.05, 0) is 13.3 Å². The van der Waals surface area contributed by atoms with E-state index in [9.17, 15) is 9.59 Å². The van der Waals surface area contributed by atoms with Gasteiger partial charge in [-0.1, -0.05) is 6.92 Å². The van der Waals surface area contributed by atoms with Gasteiger partial charge in [-0.2, -0.15) is 5.10 Å². The summed E-state index contributed by atoms with van der Waals surface area (Å²) < 4.78 is 2.66. The van der Waals surface area contributed by atoms with Crippen LogP contribution < -0.4 is 11.2 Å². The zero-order chi connectivity index (χ0) is 15.1. The fourth-order valence-corrected chi connectivity index (χ4v) is 2.30. The summed E-state index contributed by atoms with van der Waals surface area (Å²) in [6.45, 7) is 3.78. The number of nitrogens with zero attached hydrogens (tertiary/aromatic N) is 4. The molecular formula is C13H16N6O2. The van der Waals surface area contributed by atoms with Crippen LogP contribution in [-0.4, -0.2) is 29.3 Å². The van der Waals surface area contributed by atoms with Gasteiger partial charge in [0.2, 0.25) is 0 Å². The number of nitrogens with one attached hydrogen (secondary N) is 2. The number of aromatic nitrogens is 6. The van der Waals surface area contributed by atoms with Crippen molar-refractivity contribution >= 4 is 11.2 Å². The molecule has 0 amide bonds. The second-order valence-electron chi connectivity index (χ2n) is 5.05. The Morgan fingerprint density at radius 1 is 1.38 bits per heavy atom. The Kier molecular flexibility index (Phi) is 3.00. The van der Waals surface area contributed by atoms with E-state index in [-0.39, 0.29) is 17.3 Å². The van der Waals surface area contributed by atoms with Crippen molar-refractivity contribution in [1.82, 2.24) is 29.3 Å². The van der Waals surface area contributed by atoms with Crippen molar-refractivity contribution in [3.8, 4) is 11.4 Å². The number of fused-ring (bicyclic) bond motifs is 1. The summed E-state index contributed by atoms with van der Waals surface area (Å²) in [5.74, 6) is 0.507. The lowest BCUT2D eigenvalue weighted by Gasteiger charge is -2.13. The maximum Gasteiger partial charge on any atom is 0.332 e. The highest BCUT2D eigenvalue weighted by Gasteiger charge is 2.18.